The predicted molar refractivity (Wildman–Crippen MR) is 125 cm³/mol. The smallest absolute Gasteiger partial charge is 0.257 e. The Morgan fingerprint density at radius 3 is 2.71 bits per heavy atom. The number of aromatic hydroxyl groups is 1. The zero-order valence-corrected chi connectivity index (χ0v) is 19.4. The van der Waals surface area contributed by atoms with Gasteiger partial charge in [0.25, 0.3) is 5.91 Å². The van der Waals surface area contributed by atoms with Gasteiger partial charge in [-0.2, -0.15) is 10.6 Å². The molecule has 2 aliphatic rings. The highest BCUT2D eigenvalue weighted by molar-refractivity contribution is 5.81. The lowest BCUT2D eigenvalue weighted by atomic mass is 9.88. The van der Waals surface area contributed by atoms with Crippen LogP contribution in [-0.2, 0) is 16.9 Å². The van der Waals surface area contributed by atoms with Gasteiger partial charge in [-0.05, 0) is 44.5 Å². The number of nitrogens with one attached hydrogen (secondary N) is 2. The number of aliphatic hydroxyl groups excluding tert-OH is 1. The third-order valence-electron chi connectivity index (χ3n) is 6.20. The van der Waals surface area contributed by atoms with Gasteiger partial charge in [0, 0.05) is 35.2 Å². The van der Waals surface area contributed by atoms with Gasteiger partial charge in [0.2, 0.25) is 0 Å². The van der Waals surface area contributed by atoms with E-state index in [-0.39, 0.29) is 35.9 Å². The van der Waals surface area contributed by atoms with Crippen LogP contribution < -0.4 is 20.4 Å². The van der Waals surface area contributed by atoms with Crippen molar-refractivity contribution in [1.29, 1.82) is 0 Å². The number of hydroxylamine groups is 1. The first-order chi connectivity index (χ1) is 16.2. The second-order valence-corrected chi connectivity index (χ2v) is 9.07. The van der Waals surface area contributed by atoms with Crippen molar-refractivity contribution in [3.8, 4) is 17.2 Å². The minimum atomic E-state index is -0.914. The molecule has 4 rings (SSSR count). The van der Waals surface area contributed by atoms with Crippen LogP contribution in [0.3, 0.4) is 0 Å². The summed E-state index contributed by atoms with van der Waals surface area (Å²) in [5.41, 5.74) is 2.92. The molecule has 0 saturated carbocycles. The largest absolute Gasteiger partial charge is 0.508 e. The second kappa shape index (κ2) is 9.40. The van der Waals surface area contributed by atoms with Gasteiger partial charge in [-0.15, -0.1) is 5.11 Å². The summed E-state index contributed by atoms with van der Waals surface area (Å²) in [6.45, 7) is 4.32. The molecule has 1 amide bonds. The number of hydrogen-bond donors (Lipinski definition) is 4. The van der Waals surface area contributed by atoms with Crippen LogP contribution in [0.5, 0.6) is 17.2 Å². The molecular weight excluding hydrogens is 438 g/mol. The number of benzene rings is 2. The highest BCUT2D eigenvalue weighted by atomic mass is 16.7. The number of β-amino-alcohol motifs (C(OH)–C–C–N with tert-alkyl or cyclic N) is 1. The van der Waals surface area contributed by atoms with Gasteiger partial charge < -0.3 is 25.1 Å². The Morgan fingerprint density at radius 2 is 2.03 bits per heavy atom. The molecule has 1 unspecified atom stereocenters. The Balaban J connectivity index is 1.41. The summed E-state index contributed by atoms with van der Waals surface area (Å²) in [6, 6.07) is 10.7. The van der Waals surface area contributed by atoms with Gasteiger partial charge in [0.05, 0.1) is 19.6 Å². The van der Waals surface area contributed by atoms with E-state index in [1.165, 1.54) is 12.4 Å². The van der Waals surface area contributed by atoms with Crippen LogP contribution in [0.15, 0.2) is 51.6 Å². The average molecular weight is 468 g/mol. The van der Waals surface area contributed by atoms with Crippen molar-refractivity contribution in [2.45, 2.75) is 50.4 Å². The van der Waals surface area contributed by atoms with Crippen LogP contribution >= 0.6 is 0 Å². The molecule has 10 nitrogen and oxygen atoms in total. The minimum absolute atomic E-state index is 0.0108. The molecule has 0 aliphatic carbocycles. The highest BCUT2D eigenvalue weighted by Gasteiger charge is 2.36. The van der Waals surface area contributed by atoms with E-state index in [0.717, 1.165) is 11.3 Å². The molecule has 2 aromatic carbocycles. The summed E-state index contributed by atoms with van der Waals surface area (Å²) >= 11 is 0. The predicted octanol–water partition coefficient (Wildman–Crippen LogP) is 2.90. The number of carbonyl (C=O) groups is 1. The number of nitrogens with zero attached hydrogens (tertiary/aromatic N) is 3. The Morgan fingerprint density at radius 1 is 1.26 bits per heavy atom. The fourth-order valence-corrected chi connectivity index (χ4v) is 4.07. The number of aliphatic hydroxyl groups is 1. The molecule has 34 heavy (non-hydrogen) atoms. The maximum Gasteiger partial charge on any atom is 0.257 e. The summed E-state index contributed by atoms with van der Waals surface area (Å²) in [5.74, 6) is 0.648. The molecule has 2 heterocycles. The Bertz CT molecular complexity index is 1100. The summed E-state index contributed by atoms with van der Waals surface area (Å²) in [4.78, 5) is 21.5. The van der Waals surface area contributed by atoms with E-state index in [0.29, 0.717) is 24.0 Å². The number of fused-ring (bicyclic) bond motifs is 1. The monoisotopic (exact) mass is 467 g/mol. The third kappa shape index (κ3) is 4.87. The molecule has 0 saturated heterocycles. The van der Waals surface area contributed by atoms with Crippen LogP contribution in [0, 0.1) is 0 Å². The van der Waals surface area contributed by atoms with E-state index in [2.05, 4.69) is 26.0 Å². The van der Waals surface area contributed by atoms with Gasteiger partial charge in [-0.25, -0.2) is 4.99 Å². The number of phenolic OH excluding ortho intramolecular Hbond substituents is 1. The van der Waals surface area contributed by atoms with Crippen molar-refractivity contribution < 1.29 is 24.6 Å². The normalized spacial score (nSPS) is 19.9. The number of amides is 1. The zero-order chi connectivity index (χ0) is 24.3. The van der Waals surface area contributed by atoms with Crippen LogP contribution in [0.2, 0.25) is 0 Å². The van der Waals surface area contributed by atoms with Crippen molar-refractivity contribution in [2.75, 3.05) is 13.7 Å². The molecule has 2 aromatic rings. The van der Waals surface area contributed by atoms with Gasteiger partial charge in [0.15, 0.2) is 11.4 Å². The molecule has 0 radical (unpaired) electrons. The first-order valence-electron chi connectivity index (χ1n) is 11.1. The van der Waals surface area contributed by atoms with Crippen LogP contribution in [-0.4, -0.2) is 41.7 Å². The highest BCUT2D eigenvalue weighted by Crippen LogP contribution is 2.39. The average Bonchev–Trinajstić information content (AvgIpc) is 3.32. The topological polar surface area (TPSA) is 137 Å². The molecule has 0 bridgehead atoms. The standard InChI is InChI=1S/C24H29N5O5/c1-23(2,10-11-24(26-14-27-29-24)15-4-6-16(33-3)7-5-15)25-13-20(31)17-8-9-19(30)18-12-21(32)28-34-22(17)18/h4-9,14,20,25,30-31H,10-13H2,1-3H3,(H,28,32)/t20-,24?/m0/s1. The lowest BCUT2D eigenvalue weighted by Gasteiger charge is -2.32. The number of rotatable bonds is 9. The fraction of sp³-hybridized carbons (Fsp3) is 0.417. The van der Waals surface area contributed by atoms with Crippen molar-refractivity contribution in [3.05, 3.63) is 53.1 Å². The Labute approximate surface area is 197 Å². The molecule has 0 aromatic heterocycles. The SMILES string of the molecule is COc1ccc(C2(CCC(C)(C)NC[C@H](O)c3ccc(O)c4c3ONC(=O)C4)N=CN=N2)cc1. The molecular formula is C24H29N5O5. The van der Waals surface area contributed by atoms with Crippen LogP contribution in [0.4, 0.5) is 0 Å². The molecule has 2 aliphatic heterocycles. The second-order valence-electron chi connectivity index (χ2n) is 9.07. The number of azo groups is 1. The summed E-state index contributed by atoms with van der Waals surface area (Å²) in [7, 11) is 1.62. The van der Waals surface area contributed by atoms with E-state index in [9.17, 15) is 15.0 Å². The van der Waals surface area contributed by atoms with E-state index in [1.54, 1.807) is 13.2 Å². The quantitative estimate of drug-likeness (QED) is 0.448. The van der Waals surface area contributed by atoms with Gasteiger partial charge in [0.1, 0.15) is 17.8 Å². The number of carbonyl (C=O) groups excluding carboxylic acids is 1. The lowest BCUT2D eigenvalue weighted by molar-refractivity contribution is -0.128. The molecule has 0 fully saturated rings. The molecule has 10 heteroatoms. The van der Waals surface area contributed by atoms with Gasteiger partial charge in [-0.3, -0.25) is 4.79 Å². The fourth-order valence-electron chi connectivity index (χ4n) is 4.07. The van der Waals surface area contributed by atoms with Crippen molar-refractivity contribution in [1.82, 2.24) is 10.8 Å². The van der Waals surface area contributed by atoms with E-state index in [1.807, 2.05) is 38.1 Å². The van der Waals surface area contributed by atoms with Gasteiger partial charge in [-0.1, -0.05) is 12.1 Å². The van der Waals surface area contributed by atoms with Crippen molar-refractivity contribution in [3.63, 3.8) is 0 Å². The first kappa shape index (κ1) is 23.7. The summed E-state index contributed by atoms with van der Waals surface area (Å²) in [5, 5.41) is 32.7. The number of ether oxygens (including phenoxy) is 1. The number of aliphatic imine (C=N–C) groups is 1. The van der Waals surface area contributed by atoms with Crippen LogP contribution in [0.1, 0.15) is 49.5 Å². The maximum absolute atomic E-state index is 11.6. The zero-order valence-electron chi connectivity index (χ0n) is 19.4. The number of phenols is 1. The molecule has 4 N–H and O–H groups in total. The molecule has 0 spiro atoms. The van der Waals surface area contributed by atoms with Crippen LogP contribution in [0.25, 0.3) is 0 Å². The summed E-state index contributed by atoms with van der Waals surface area (Å²) in [6.07, 6.45) is 1.86. The number of methoxy groups -OCH3 is 1. The lowest BCUT2D eigenvalue weighted by Crippen LogP contribution is -2.43. The van der Waals surface area contributed by atoms with Crippen molar-refractivity contribution in [2.24, 2.45) is 15.2 Å². The first-order valence-corrected chi connectivity index (χ1v) is 11.1. The molecule has 2 atom stereocenters. The Kier molecular flexibility index (Phi) is 6.54. The third-order valence-corrected chi connectivity index (χ3v) is 6.20. The molecule has 180 valence electrons. The Hall–Kier alpha value is -3.50. The summed E-state index contributed by atoms with van der Waals surface area (Å²) < 4.78 is 5.25. The van der Waals surface area contributed by atoms with E-state index in [4.69, 9.17) is 9.57 Å². The van der Waals surface area contributed by atoms with E-state index < -0.39 is 11.8 Å². The van der Waals surface area contributed by atoms with Gasteiger partial charge >= 0.3 is 0 Å². The maximum atomic E-state index is 11.6. The van der Waals surface area contributed by atoms with Crippen molar-refractivity contribution >= 4 is 12.2 Å². The number of hydrogen-bond acceptors (Lipinski definition) is 9. The minimum Gasteiger partial charge on any atom is -0.508 e. The van der Waals surface area contributed by atoms with E-state index >= 15 is 0 Å².